The standard InChI is InChI=1S/C11H18N3O6P/c1-7-3-14(11(17)12-10(7)16)8-2-9(5-15)13(4-8)6-21(18,19)20/h3,8-9,15H,2,4-6H2,1H3,(H,12,16,17)(H2,18,19,20)/t8-,9+/m0/s1. The Morgan fingerprint density at radius 3 is 2.67 bits per heavy atom. The van der Waals surface area contributed by atoms with Crippen molar-refractivity contribution < 1.29 is 19.5 Å². The smallest absolute Gasteiger partial charge is 0.339 e. The molecule has 0 spiro atoms. The maximum Gasteiger partial charge on any atom is 0.339 e. The van der Waals surface area contributed by atoms with Crippen molar-refractivity contribution in [3.63, 3.8) is 0 Å². The van der Waals surface area contributed by atoms with Gasteiger partial charge >= 0.3 is 13.3 Å². The molecular formula is C11H18N3O6P. The molecule has 0 aromatic carbocycles. The van der Waals surface area contributed by atoms with Crippen LogP contribution in [-0.4, -0.2) is 54.8 Å². The lowest BCUT2D eigenvalue weighted by molar-refractivity contribution is 0.168. The number of aromatic amines is 1. The molecule has 1 fully saturated rings. The summed E-state index contributed by atoms with van der Waals surface area (Å²) in [4.78, 5) is 45.0. The van der Waals surface area contributed by atoms with Crippen LogP contribution in [0.3, 0.4) is 0 Å². The van der Waals surface area contributed by atoms with Crippen LogP contribution in [0.15, 0.2) is 15.8 Å². The molecule has 9 nitrogen and oxygen atoms in total. The van der Waals surface area contributed by atoms with Crippen LogP contribution in [0.1, 0.15) is 18.0 Å². The highest BCUT2D eigenvalue weighted by molar-refractivity contribution is 7.51. The van der Waals surface area contributed by atoms with Crippen LogP contribution in [-0.2, 0) is 4.57 Å². The minimum Gasteiger partial charge on any atom is -0.395 e. The molecule has 1 saturated heterocycles. The van der Waals surface area contributed by atoms with Crippen LogP contribution in [0.5, 0.6) is 0 Å². The number of aliphatic hydroxyl groups excluding tert-OH is 1. The Labute approximate surface area is 120 Å². The van der Waals surface area contributed by atoms with E-state index in [1.165, 1.54) is 15.7 Å². The summed E-state index contributed by atoms with van der Waals surface area (Å²) in [6.45, 7) is 1.54. The zero-order chi connectivity index (χ0) is 15.8. The zero-order valence-corrected chi connectivity index (χ0v) is 12.4. The molecule has 0 bridgehead atoms. The third kappa shape index (κ3) is 3.69. The van der Waals surface area contributed by atoms with Crippen LogP contribution in [0.2, 0.25) is 0 Å². The molecule has 0 saturated carbocycles. The molecule has 1 aliphatic heterocycles. The second kappa shape index (κ2) is 5.86. The third-order valence-corrected chi connectivity index (χ3v) is 4.35. The Morgan fingerprint density at radius 1 is 1.43 bits per heavy atom. The van der Waals surface area contributed by atoms with Gasteiger partial charge in [0.2, 0.25) is 0 Å². The first-order valence-corrected chi connectivity index (χ1v) is 8.22. The topological polar surface area (TPSA) is 136 Å². The lowest BCUT2D eigenvalue weighted by atomic mass is 10.2. The van der Waals surface area contributed by atoms with Crippen molar-refractivity contribution in [2.75, 3.05) is 19.4 Å². The highest BCUT2D eigenvalue weighted by Gasteiger charge is 2.36. The highest BCUT2D eigenvalue weighted by Crippen LogP contribution is 2.39. The average molecular weight is 319 g/mol. The summed E-state index contributed by atoms with van der Waals surface area (Å²) in [5.74, 6) is 0. The molecule has 0 aliphatic carbocycles. The van der Waals surface area contributed by atoms with Crippen molar-refractivity contribution in [2.45, 2.75) is 25.4 Å². The molecule has 0 unspecified atom stereocenters. The van der Waals surface area contributed by atoms with Gasteiger partial charge in [-0.2, -0.15) is 0 Å². The van der Waals surface area contributed by atoms with Crippen LogP contribution in [0, 0.1) is 6.92 Å². The molecule has 1 aromatic rings. The summed E-state index contributed by atoms with van der Waals surface area (Å²) in [7, 11) is -4.24. The second-order valence-corrected chi connectivity index (χ2v) is 6.89. The predicted octanol–water partition coefficient (Wildman–Crippen LogP) is -1.41. The van der Waals surface area contributed by atoms with Crippen LogP contribution < -0.4 is 11.2 Å². The molecule has 4 N–H and O–H groups in total. The van der Waals surface area contributed by atoms with Gasteiger partial charge in [0, 0.05) is 24.3 Å². The van der Waals surface area contributed by atoms with E-state index in [4.69, 9.17) is 9.79 Å². The van der Waals surface area contributed by atoms with E-state index in [9.17, 15) is 19.3 Å². The van der Waals surface area contributed by atoms with Crippen LogP contribution >= 0.6 is 7.60 Å². The minimum atomic E-state index is -4.24. The lowest BCUT2D eigenvalue weighted by Crippen LogP contribution is -2.35. The summed E-state index contributed by atoms with van der Waals surface area (Å²) >= 11 is 0. The number of H-pyrrole nitrogens is 1. The highest BCUT2D eigenvalue weighted by atomic mass is 31.2. The van der Waals surface area contributed by atoms with Crippen molar-refractivity contribution in [2.24, 2.45) is 0 Å². The van der Waals surface area contributed by atoms with E-state index in [1.54, 1.807) is 6.92 Å². The lowest BCUT2D eigenvalue weighted by Gasteiger charge is -2.22. The number of nitrogens with zero attached hydrogens (tertiary/aromatic N) is 2. The number of likely N-dealkylation sites (tertiary alicyclic amines) is 1. The maximum absolute atomic E-state index is 11.8. The average Bonchev–Trinajstić information content (AvgIpc) is 2.74. The van der Waals surface area contributed by atoms with Crippen LogP contribution in [0.4, 0.5) is 0 Å². The monoisotopic (exact) mass is 319 g/mol. The van der Waals surface area contributed by atoms with Crippen LogP contribution in [0.25, 0.3) is 0 Å². The van der Waals surface area contributed by atoms with Gasteiger partial charge in [-0.3, -0.25) is 23.8 Å². The zero-order valence-electron chi connectivity index (χ0n) is 11.5. The molecule has 10 heteroatoms. The molecule has 0 radical (unpaired) electrons. The maximum atomic E-state index is 11.8. The Balaban J connectivity index is 2.27. The van der Waals surface area contributed by atoms with E-state index in [-0.39, 0.29) is 19.2 Å². The van der Waals surface area contributed by atoms with E-state index in [2.05, 4.69) is 4.98 Å². The van der Waals surface area contributed by atoms with Gasteiger partial charge in [-0.05, 0) is 13.3 Å². The fourth-order valence-corrected chi connectivity index (χ4v) is 3.44. The number of aromatic nitrogens is 2. The Bertz CT molecular complexity index is 677. The number of nitrogens with one attached hydrogen (secondary N) is 1. The van der Waals surface area contributed by atoms with Gasteiger partial charge in [0.15, 0.2) is 0 Å². The van der Waals surface area contributed by atoms with E-state index in [0.717, 1.165) is 0 Å². The first kappa shape index (κ1) is 16.1. The predicted molar refractivity (Wildman–Crippen MR) is 74.2 cm³/mol. The summed E-state index contributed by atoms with van der Waals surface area (Å²) in [6.07, 6.45) is 1.34. The number of aryl methyl sites for hydroxylation is 1. The quantitative estimate of drug-likeness (QED) is 0.500. The molecular weight excluding hydrogens is 301 g/mol. The summed E-state index contributed by atoms with van der Waals surface area (Å²) < 4.78 is 12.5. The minimum absolute atomic E-state index is 0.224. The molecule has 1 aromatic heterocycles. The van der Waals surface area contributed by atoms with E-state index < -0.39 is 31.2 Å². The summed E-state index contributed by atoms with van der Waals surface area (Å²) in [6, 6.07) is -0.779. The van der Waals surface area contributed by atoms with Gasteiger partial charge in [-0.1, -0.05) is 0 Å². The Kier molecular flexibility index (Phi) is 4.50. The number of hydrogen-bond donors (Lipinski definition) is 4. The van der Waals surface area contributed by atoms with Crippen molar-refractivity contribution in [1.29, 1.82) is 0 Å². The fraction of sp³-hybridized carbons (Fsp3) is 0.636. The summed E-state index contributed by atoms with van der Waals surface area (Å²) in [5, 5.41) is 9.33. The molecule has 21 heavy (non-hydrogen) atoms. The number of hydrogen-bond acceptors (Lipinski definition) is 5. The Hall–Kier alpha value is -1.25. The van der Waals surface area contributed by atoms with Crippen molar-refractivity contribution in [3.8, 4) is 0 Å². The second-order valence-electron chi connectivity index (χ2n) is 5.28. The molecule has 2 atom stereocenters. The van der Waals surface area contributed by atoms with Gasteiger partial charge in [0.1, 0.15) is 6.29 Å². The fourth-order valence-electron chi connectivity index (χ4n) is 2.62. The number of aliphatic hydroxyl groups is 1. The number of rotatable bonds is 4. The molecule has 0 amide bonds. The van der Waals surface area contributed by atoms with Gasteiger partial charge in [-0.15, -0.1) is 0 Å². The first-order chi connectivity index (χ1) is 9.71. The largest absolute Gasteiger partial charge is 0.395 e. The molecule has 1 aliphatic rings. The van der Waals surface area contributed by atoms with Gasteiger partial charge in [-0.25, -0.2) is 4.79 Å². The SMILES string of the molecule is Cc1cn([C@H]2C[C@H](CO)N(CP(=O)(O)O)C2)c(=O)[nH]c1=O. The van der Waals surface area contributed by atoms with Crippen molar-refractivity contribution in [1.82, 2.24) is 14.5 Å². The van der Waals surface area contributed by atoms with E-state index in [1.807, 2.05) is 0 Å². The molecule has 2 heterocycles. The van der Waals surface area contributed by atoms with Gasteiger partial charge in [0.05, 0.1) is 12.6 Å². The van der Waals surface area contributed by atoms with Crippen molar-refractivity contribution in [3.05, 3.63) is 32.6 Å². The third-order valence-electron chi connectivity index (χ3n) is 3.62. The summed E-state index contributed by atoms with van der Waals surface area (Å²) in [5.41, 5.74) is -0.645. The van der Waals surface area contributed by atoms with E-state index >= 15 is 0 Å². The first-order valence-electron chi connectivity index (χ1n) is 6.43. The normalized spacial score (nSPS) is 23.6. The molecule has 2 rings (SSSR count). The molecule has 118 valence electrons. The van der Waals surface area contributed by atoms with Gasteiger partial charge in [0.25, 0.3) is 5.56 Å². The van der Waals surface area contributed by atoms with E-state index in [0.29, 0.717) is 12.0 Å². The Morgan fingerprint density at radius 2 is 2.10 bits per heavy atom. The van der Waals surface area contributed by atoms with Crippen molar-refractivity contribution >= 4 is 7.60 Å². The van der Waals surface area contributed by atoms with Gasteiger partial charge < -0.3 is 14.9 Å².